The lowest BCUT2D eigenvalue weighted by atomic mass is 11.0. The van der Waals surface area contributed by atoms with Gasteiger partial charge in [-0.05, 0) is 0 Å². The molecule has 1 heterocycles. The summed E-state index contributed by atoms with van der Waals surface area (Å²) in [7, 11) is 0. The van der Waals surface area contributed by atoms with Crippen LogP contribution in [0.25, 0.3) is 0 Å². The minimum Gasteiger partial charge on any atom is -0.439 e. The van der Waals surface area contributed by atoms with Gasteiger partial charge in [0.2, 0.25) is 0 Å². The predicted octanol–water partition coefficient (Wildman–Crippen LogP) is 0.640. The van der Waals surface area contributed by atoms with Crippen molar-refractivity contribution < 1.29 is 4.42 Å². The van der Waals surface area contributed by atoms with E-state index in [9.17, 15) is 0 Å². The van der Waals surface area contributed by atoms with E-state index < -0.39 is 0 Å². The molecule has 0 atom stereocenters. The predicted molar refractivity (Wildman–Crippen MR) is 26.5 cm³/mol. The number of rotatable bonds is 1. The minimum absolute atomic E-state index is 0.500. The molecule has 0 spiro atoms. The number of nitrogens with zero attached hydrogens (tertiary/aromatic N) is 1. The molecule has 3 nitrogen and oxygen atoms in total. The first-order valence-electron chi connectivity index (χ1n) is 1.69. The molecule has 0 aliphatic rings. The lowest BCUT2D eigenvalue weighted by Gasteiger charge is -1.76. The largest absolute Gasteiger partial charge is 0.439 e. The van der Waals surface area contributed by atoms with Gasteiger partial charge in [-0.3, -0.25) is 5.14 Å². The molecule has 0 radical (unpaired) electrons. The van der Waals surface area contributed by atoms with Crippen molar-refractivity contribution in [3.8, 4) is 0 Å². The Labute approximate surface area is 45.0 Å². The third-order valence-corrected chi connectivity index (χ3v) is 0.914. The van der Waals surface area contributed by atoms with Crippen molar-refractivity contribution in [2.75, 3.05) is 0 Å². The van der Waals surface area contributed by atoms with Gasteiger partial charge in [-0.1, -0.05) is 0 Å². The van der Waals surface area contributed by atoms with E-state index in [-0.39, 0.29) is 0 Å². The Hall–Kier alpha value is -0.480. The maximum absolute atomic E-state index is 5.05. The first kappa shape index (κ1) is 4.67. The lowest BCUT2D eigenvalue weighted by molar-refractivity contribution is 0.454. The van der Waals surface area contributed by atoms with Gasteiger partial charge in [0.25, 0.3) is 5.22 Å². The van der Waals surface area contributed by atoms with Gasteiger partial charge in [0.05, 0.1) is 6.20 Å². The molecule has 0 aromatic carbocycles. The van der Waals surface area contributed by atoms with Crippen LogP contribution >= 0.6 is 11.9 Å². The fourth-order valence-electron chi connectivity index (χ4n) is 0.269. The van der Waals surface area contributed by atoms with Crippen LogP contribution in [0.15, 0.2) is 22.1 Å². The highest BCUT2D eigenvalue weighted by Crippen LogP contribution is 2.04. The molecule has 0 aliphatic heterocycles. The summed E-state index contributed by atoms with van der Waals surface area (Å²) in [6, 6.07) is 0. The fourth-order valence-corrected chi connectivity index (χ4v) is 0.501. The molecule has 4 heteroatoms. The Balaban J connectivity index is 2.76. The molecule has 0 saturated heterocycles. The van der Waals surface area contributed by atoms with Gasteiger partial charge in [0.1, 0.15) is 6.26 Å². The summed E-state index contributed by atoms with van der Waals surface area (Å²) in [6.07, 6.45) is 3.03. The molecule has 0 bridgehead atoms. The Kier molecular flexibility index (Phi) is 1.33. The van der Waals surface area contributed by atoms with E-state index in [1.54, 1.807) is 6.20 Å². The van der Waals surface area contributed by atoms with E-state index >= 15 is 0 Å². The number of oxazole rings is 1. The summed E-state index contributed by atoms with van der Waals surface area (Å²) in [5.41, 5.74) is 0. The van der Waals surface area contributed by atoms with Crippen molar-refractivity contribution in [2.24, 2.45) is 5.14 Å². The van der Waals surface area contributed by atoms with E-state index in [1.165, 1.54) is 6.26 Å². The molecule has 1 rings (SSSR count). The van der Waals surface area contributed by atoms with E-state index in [4.69, 9.17) is 9.56 Å². The molecule has 0 amide bonds. The van der Waals surface area contributed by atoms with Crippen molar-refractivity contribution >= 4 is 11.9 Å². The molecule has 0 unspecified atom stereocenters. The lowest BCUT2D eigenvalue weighted by Crippen LogP contribution is -1.75. The van der Waals surface area contributed by atoms with Crippen LogP contribution in [0.4, 0.5) is 0 Å². The van der Waals surface area contributed by atoms with Gasteiger partial charge >= 0.3 is 0 Å². The molecule has 0 aliphatic carbocycles. The van der Waals surface area contributed by atoms with E-state index in [2.05, 4.69) is 4.98 Å². The topological polar surface area (TPSA) is 52.0 Å². The van der Waals surface area contributed by atoms with Gasteiger partial charge < -0.3 is 4.42 Å². The summed E-state index contributed by atoms with van der Waals surface area (Å²) >= 11 is 0.998. The first-order chi connectivity index (χ1) is 3.43. The normalized spacial score (nSPS) is 9.29. The van der Waals surface area contributed by atoms with E-state index in [1.807, 2.05) is 0 Å². The second-order valence-electron chi connectivity index (χ2n) is 0.916. The van der Waals surface area contributed by atoms with Gasteiger partial charge in [-0.15, -0.1) is 0 Å². The van der Waals surface area contributed by atoms with Crippen LogP contribution < -0.4 is 5.14 Å². The van der Waals surface area contributed by atoms with Crippen LogP contribution in [0.1, 0.15) is 0 Å². The van der Waals surface area contributed by atoms with Crippen molar-refractivity contribution in [2.45, 2.75) is 5.22 Å². The third kappa shape index (κ3) is 0.942. The Morgan fingerprint density at radius 1 is 1.86 bits per heavy atom. The zero-order valence-electron chi connectivity index (χ0n) is 3.50. The molecule has 1 aromatic heterocycles. The molecule has 38 valence electrons. The maximum Gasteiger partial charge on any atom is 0.270 e. The van der Waals surface area contributed by atoms with Crippen LogP contribution in [0.2, 0.25) is 0 Å². The monoisotopic (exact) mass is 116 g/mol. The molecule has 2 N–H and O–H groups in total. The smallest absolute Gasteiger partial charge is 0.270 e. The van der Waals surface area contributed by atoms with Crippen molar-refractivity contribution in [1.29, 1.82) is 0 Å². The molecule has 0 saturated carbocycles. The molecular formula is C3H4N2OS. The maximum atomic E-state index is 5.05. The summed E-state index contributed by atoms with van der Waals surface area (Å²) in [5, 5.41) is 5.55. The fraction of sp³-hybridized carbons (Fsp3) is 0. The number of hydrogen-bond acceptors (Lipinski definition) is 4. The zero-order valence-corrected chi connectivity index (χ0v) is 4.31. The summed E-state index contributed by atoms with van der Waals surface area (Å²) in [6.45, 7) is 0. The quantitative estimate of drug-likeness (QED) is 0.547. The summed E-state index contributed by atoms with van der Waals surface area (Å²) in [5.74, 6) is 0. The highest BCUT2D eigenvalue weighted by Gasteiger charge is 1.88. The van der Waals surface area contributed by atoms with Gasteiger partial charge in [-0.25, -0.2) is 4.98 Å². The average Bonchev–Trinajstić information content (AvgIpc) is 2.14. The number of nitrogens with two attached hydrogens (primary N) is 1. The Morgan fingerprint density at radius 2 is 2.71 bits per heavy atom. The second-order valence-corrected chi connectivity index (χ2v) is 1.50. The van der Waals surface area contributed by atoms with Gasteiger partial charge in [-0.2, -0.15) is 0 Å². The van der Waals surface area contributed by atoms with E-state index in [0.29, 0.717) is 5.22 Å². The van der Waals surface area contributed by atoms with Crippen LogP contribution in [-0.4, -0.2) is 4.98 Å². The van der Waals surface area contributed by atoms with Crippen LogP contribution in [-0.2, 0) is 0 Å². The van der Waals surface area contributed by atoms with Crippen molar-refractivity contribution in [3.63, 3.8) is 0 Å². The molecule has 0 fully saturated rings. The van der Waals surface area contributed by atoms with Gasteiger partial charge in [0, 0.05) is 11.9 Å². The number of hydrogen-bond donors (Lipinski definition) is 1. The number of aromatic nitrogens is 1. The Bertz CT molecular complexity index is 127. The summed E-state index contributed by atoms with van der Waals surface area (Å²) in [4.78, 5) is 3.71. The standard InChI is InChI=1S/C3H4N2OS/c4-7-3-5-1-2-6-3/h1-2H,4H2. The van der Waals surface area contributed by atoms with Crippen LogP contribution in [0, 0.1) is 0 Å². The molecule has 1 aromatic rings. The highest BCUT2D eigenvalue weighted by molar-refractivity contribution is 7.96. The van der Waals surface area contributed by atoms with Crippen LogP contribution in [0.3, 0.4) is 0 Å². The van der Waals surface area contributed by atoms with Gasteiger partial charge in [0.15, 0.2) is 0 Å². The van der Waals surface area contributed by atoms with E-state index in [0.717, 1.165) is 11.9 Å². The minimum atomic E-state index is 0.500. The second kappa shape index (κ2) is 1.99. The SMILES string of the molecule is NSc1ncco1. The van der Waals surface area contributed by atoms with Crippen molar-refractivity contribution in [3.05, 3.63) is 12.5 Å². The van der Waals surface area contributed by atoms with Crippen molar-refractivity contribution in [1.82, 2.24) is 4.98 Å². The Morgan fingerprint density at radius 3 is 3.00 bits per heavy atom. The first-order valence-corrected chi connectivity index (χ1v) is 2.57. The highest BCUT2D eigenvalue weighted by atomic mass is 32.2. The summed E-state index contributed by atoms with van der Waals surface area (Å²) < 4.78 is 4.71. The zero-order chi connectivity index (χ0) is 5.11. The molecule has 7 heavy (non-hydrogen) atoms. The van der Waals surface area contributed by atoms with Crippen LogP contribution in [0.5, 0.6) is 0 Å². The third-order valence-electron chi connectivity index (χ3n) is 0.510. The average molecular weight is 116 g/mol. The molecular weight excluding hydrogens is 112 g/mol.